The Balaban J connectivity index is 2.30. The van der Waals surface area contributed by atoms with E-state index >= 15 is 0 Å². The number of thioether (sulfide) groups is 1. The lowest BCUT2D eigenvalue weighted by Crippen LogP contribution is -2.26. The molecule has 4 heteroatoms. The molecule has 88 valence electrons. The molecule has 1 aliphatic heterocycles. The predicted octanol–water partition coefficient (Wildman–Crippen LogP) is 3.38. The zero-order valence-corrected chi connectivity index (χ0v) is 10.5. The quantitative estimate of drug-likeness (QED) is 0.857. The van der Waals surface area contributed by atoms with Crippen LogP contribution in [0, 0.1) is 11.7 Å². The Kier molecular flexibility index (Phi) is 3.28. The minimum absolute atomic E-state index is 0.308. The zero-order chi connectivity index (χ0) is 11.7. The summed E-state index contributed by atoms with van der Waals surface area (Å²) in [5.74, 6) is 0.608. The summed E-state index contributed by atoms with van der Waals surface area (Å²) in [7, 11) is 1.49. The largest absolute Gasteiger partial charge is 0.494 e. The minimum Gasteiger partial charge on any atom is -0.494 e. The third-order valence-electron chi connectivity index (χ3n) is 2.77. The molecule has 1 aromatic carbocycles. The Morgan fingerprint density at radius 3 is 2.88 bits per heavy atom. The maximum absolute atomic E-state index is 13.5. The van der Waals surface area contributed by atoms with Gasteiger partial charge in [0.05, 0.1) is 12.8 Å². The second-order valence-electron chi connectivity index (χ2n) is 4.26. The van der Waals surface area contributed by atoms with Crippen LogP contribution in [0.2, 0.25) is 0 Å². The van der Waals surface area contributed by atoms with Gasteiger partial charge in [0.2, 0.25) is 0 Å². The molecule has 1 heterocycles. The van der Waals surface area contributed by atoms with E-state index < -0.39 is 0 Å². The van der Waals surface area contributed by atoms with Crippen LogP contribution >= 0.6 is 11.8 Å². The number of rotatable bonds is 2. The molecule has 0 spiro atoms. The summed E-state index contributed by atoms with van der Waals surface area (Å²) in [4.78, 5) is 1.07. The fourth-order valence-electron chi connectivity index (χ4n) is 1.71. The van der Waals surface area contributed by atoms with E-state index in [0.717, 1.165) is 17.1 Å². The molecule has 0 amide bonds. The summed E-state index contributed by atoms with van der Waals surface area (Å²) < 4.78 is 18.5. The first-order valence-electron chi connectivity index (χ1n) is 5.40. The van der Waals surface area contributed by atoms with Crippen molar-refractivity contribution in [2.24, 2.45) is 5.92 Å². The van der Waals surface area contributed by atoms with Gasteiger partial charge >= 0.3 is 0 Å². The highest BCUT2D eigenvalue weighted by molar-refractivity contribution is 8.00. The molecule has 2 rings (SSSR count). The van der Waals surface area contributed by atoms with E-state index in [9.17, 15) is 4.39 Å². The fraction of sp³-hybridized carbons (Fsp3) is 0.500. The van der Waals surface area contributed by atoms with Gasteiger partial charge < -0.3 is 10.1 Å². The van der Waals surface area contributed by atoms with Gasteiger partial charge in [-0.25, -0.2) is 4.39 Å². The van der Waals surface area contributed by atoms with Crippen molar-refractivity contribution in [3.63, 3.8) is 0 Å². The van der Waals surface area contributed by atoms with Crippen LogP contribution in [0.25, 0.3) is 0 Å². The van der Waals surface area contributed by atoms with E-state index in [1.54, 1.807) is 17.8 Å². The van der Waals surface area contributed by atoms with Crippen LogP contribution in [-0.2, 0) is 0 Å². The first kappa shape index (κ1) is 11.6. The number of methoxy groups -OCH3 is 1. The van der Waals surface area contributed by atoms with Crippen molar-refractivity contribution in [1.82, 2.24) is 0 Å². The Bertz CT molecular complexity index is 395. The maximum atomic E-state index is 13.5. The summed E-state index contributed by atoms with van der Waals surface area (Å²) in [5.41, 5.74) is 0.875. The number of nitrogens with one attached hydrogen (secondary N) is 1. The molecule has 1 aromatic rings. The van der Waals surface area contributed by atoms with Crippen LogP contribution in [0.1, 0.15) is 13.8 Å². The van der Waals surface area contributed by atoms with E-state index in [-0.39, 0.29) is 5.82 Å². The molecule has 1 atom stereocenters. The standard InChI is InChI=1S/C12H16FNOS/c1-7(2)12-6-14-9-4-8(13)10(15-3)5-11(9)16-12/h4-5,7,12,14H,6H2,1-3H3. The van der Waals surface area contributed by atoms with Crippen molar-refractivity contribution in [2.45, 2.75) is 24.0 Å². The lowest BCUT2D eigenvalue weighted by Gasteiger charge is -2.28. The summed E-state index contributed by atoms with van der Waals surface area (Å²) >= 11 is 1.79. The third kappa shape index (κ3) is 2.12. The fourth-order valence-corrected chi connectivity index (χ4v) is 2.91. The summed E-state index contributed by atoms with van der Waals surface area (Å²) in [6.07, 6.45) is 0. The molecule has 0 saturated carbocycles. The second kappa shape index (κ2) is 4.53. The minimum atomic E-state index is -0.308. The third-order valence-corrected chi connectivity index (χ3v) is 4.38. The number of halogens is 1. The molecule has 0 aliphatic carbocycles. The van der Waals surface area contributed by atoms with Gasteiger partial charge in [-0.1, -0.05) is 13.8 Å². The maximum Gasteiger partial charge on any atom is 0.167 e. The molecule has 1 unspecified atom stereocenters. The SMILES string of the molecule is COc1cc2c(cc1F)NCC(C(C)C)S2. The number of fused-ring (bicyclic) bond motifs is 1. The van der Waals surface area contributed by atoms with Gasteiger partial charge in [-0.3, -0.25) is 0 Å². The van der Waals surface area contributed by atoms with Crippen molar-refractivity contribution in [2.75, 3.05) is 19.0 Å². The molecule has 1 aliphatic rings. The van der Waals surface area contributed by atoms with Crippen LogP contribution in [0.15, 0.2) is 17.0 Å². The Labute approximate surface area is 99.6 Å². The number of ether oxygens (including phenoxy) is 1. The highest BCUT2D eigenvalue weighted by atomic mass is 32.2. The van der Waals surface area contributed by atoms with Crippen molar-refractivity contribution in [3.05, 3.63) is 17.9 Å². The van der Waals surface area contributed by atoms with Crippen LogP contribution in [-0.4, -0.2) is 18.9 Å². The van der Waals surface area contributed by atoms with E-state index in [4.69, 9.17) is 4.74 Å². The molecule has 16 heavy (non-hydrogen) atoms. The summed E-state index contributed by atoms with van der Waals surface area (Å²) in [6.45, 7) is 5.29. The predicted molar refractivity (Wildman–Crippen MR) is 65.9 cm³/mol. The van der Waals surface area contributed by atoms with Gasteiger partial charge in [0, 0.05) is 22.8 Å². The number of benzene rings is 1. The first-order valence-corrected chi connectivity index (χ1v) is 6.28. The van der Waals surface area contributed by atoms with E-state index in [0.29, 0.717) is 16.9 Å². The first-order chi connectivity index (χ1) is 7.61. The zero-order valence-electron chi connectivity index (χ0n) is 9.71. The highest BCUT2D eigenvalue weighted by Crippen LogP contribution is 2.40. The molecule has 1 N–H and O–H groups in total. The van der Waals surface area contributed by atoms with Crippen molar-refractivity contribution >= 4 is 17.4 Å². The van der Waals surface area contributed by atoms with Crippen molar-refractivity contribution < 1.29 is 9.13 Å². The summed E-state index contributed by atoms with van der Waals surface area (Å²) in [5, 5.41) is 3.80. The lowest BCUT2D eigenvalue weighted by atomic mass is 10.1. The Morgan fingerprint density at radius 1 is 1.50 bits per heavy atom. The molecule has 0 saturated heterocycles. The van der Waals surface area contributed by atoms with E-state index in [2.05, 4.69) is 19.2 Å². The highest BCUT2D eigenvalue weighted by Gasteiger charge is 2.23. The molecular formula is C12H16FNOS. The van der Waals surface area contributed by atoms with Crippen LogP contribution in [0.3, 0.4) is 0 Å². The molecule has 0 fully saturated rings. The van der Waals surface area contributed by atoms with E-state index in [1.165, 1.54) is 13.2 Å². The van der Waals surface area contributed by atoms with Gasteiger partial charge in [0.15, 0.2) is 11.6 Å². The molecular weight excluding hydrogens is 225 g/mol. The Hall–Kier alpha value is -0.900. The average Bonchev–Trinajstić information content (AvgIpc) is 2.27. The van der Waals surface area contributed by atoms with Gasteiger partial charge in [-0.2, -0.15) is 0 Å². The van der Waals surface area contributed by atoms with Gasteiger partial charge in [0.1, 0.15) is 0 Å². The second-order valence-corrected chi connectivity index (χ2v) is 5.55. The van der Waals surface area contributed by atoms with Crippen LogP contribution < -0.4 is 10.1 Å². The van der Waals surface area contributed by atoms with Crippen molar-refractivity contribution in [3.8, 4) is 5.75 Å². The summed E-state index contributed by atoms with van der Waals surface area (Å²) in [6, 6.07) is 3.29. The van der Waals surface area contributed by atoms with Crippen LogP contribution in [0.4, 0.5) is 10.1 Å². The van der Waals surface area contributed by atoms with Crippen molar-refractivity contribution in [1.29, 1.82) is 0 Å². The number of anilines is 1. The number of hydrogen-bond donors (Lipinski definition) is 1. The van der Waals surface area contributed by atoms with Gasteiger partial charge in [-0.05, 0) is 12.0 Å². The van der Waals surface area contributed by atoms with Crippen LogP contribution in [0.5, 0.6) is 5.75 Å². The topological polar surface area (TPSA) is 21.3 Å². The van der Waals surface area contributed by atoms with Gasteiger partial charge in [-0.15, -0.1) is 11.8 Å². The number of hydrogen-bond acceptors (Lipinski definition) is 3. The molecule has 0 radical (unpaired) electrons. The average molecular weight is 241 g/mol. The van der Waals surface area contributed by atoms with Gasteiger partial charge in [0.25, 0.3) is 0 Å². The molecule has 0 bridgehead atoms. The lowest BCUT2D eigenvalue weighted by molar-refractivity contribution is 0.385. The normalized spacial score (nSPS) is 19.2. The molecule has 2 nitrogen and oxygen atoms in total. The Morgan fingerprint density at radius 2 is 2.25 bits per heavy atom. The smallest absolute Gasteiger partial charge is 0.167 e. The monoisotopic (exact) mass is 241 g/mol. The molecule has 0 aromatic heterocycles. The van der Waals surface area contributed by atoms with E-state index in [1.807, 2.05) is 0 Å².